The number of hydrogen-bond donors (Lipinski definition) is 1. The minimum atomic E-state index is -0.292. The SMILES string of the molecule is Cc1c(C(=O)N2CCNC[C@@H]2C)cnn1-c1ccc(F)cc1.Cl. The second-order valence-electron chi connectivity index (χ2n) is 5.58. The number of halogens is 2. The average Bonchev–Trinajstić information content (AvgIpc) is 2.90. The Labute approximate surface area is 140 Å². The molecule has 23 heavy (non-hydrogen) atoms. The van der Waals surface area contributed by atoms with Gasteiger partial charge in [-0.25, -0.2) is 9.07 Å². The van der Waals surface area contributed by atoms with Crippen LogP contribution in [0.2, 0.25) is 0 Å². The summed E-state index contributed by atoms with van der Waals surface area (Å²) in [6.45, 7) is 6.19. The molecule has 1 aromatic heterocycles. The van der Waals surface area contributed by atoms with Gasteiger partial charge in [-0.1, -0.05) is 0 Å². The van der Waals surface area contributed by atoms with Crippen LogP contribution in [0.25, 0.3) is 5.69 Å². The molecule has 0 spiro atoms. The van der Waals surface area contributed by atoms with Gasteiger partial charge in [-0.05, 0) is 38.1 Å². The van der Waals surface area contributed by atoms with Crippen LogP contribution in [0, 0.1) is 12.7 Å². The zero-order valence-corrected chi connectivity index (χ0v) is 13.9. The molecule has 0 radical (unpaired) electrons. The normalized spacial score (nSPS) is 17.7. The summed E-state index contributed by atoms with van der Waals surface area (Å²) < 4.78 is 14.7. The molecule has 2 aromatic rings. The topological polar surface area (TPSA) is 50.2 Å². The molecule has 0 aliphatic carbocycles. The van der Waals surface area contributed by atoms with E-state index in [2.05, 4.69) is 10.4 Å². The number of amides is 1. The molecule has 2 heterocycles. The lowest BCUT2D eigenvalue weighted by Crippen LogP contribution is -2.52. The summed E-state index contributed by atoms with van der Waals surface area (Å²) >= 11 is 0. The van der Waals surface area contributed by atoms with E-state index in [1.54, 1.807) is 23.0 Å². The molecule has 124 valence electrons. The Hall–Kier alpha value is -1.92. The van der Waals surface area contributed by atoms with E-state index in [4.69, 9.17) is 0 Å². The van der Waals surface area contributed by atoms with Crippen molar-refractivity contribution in [3.05, 3.63) is 47.5 Å². The lowest BCUT2D eigenvalue weighted by Gasteiger charge is -2.33. The van der Waals surface area contributed by atoms with Crippen molar-refractivity contribution in [3.63, 3.8) is 0 Å². The average molecular weight is 339 g/mol. The first-order chi connectivity index (χ1) is 10.6. The maximum absolute atomic E-state index is 13.0. The number of rotatable bonds is 2. The second kappa shape index (κ2) is 7.10. The first kappa shape index (κ1) is 17.4. The van der Waals surface area contributed by atoms with E-state index in [-0.39, 0.29) is 30.2 Å². The van der Waals surface area contributed by atoms with Gasteiger partial charge in [0.15, 0.2) is 0 Å². The molecule has 3 rings (SSSR count). The lowest BCUT2D eigenvalue weighted by molar-refractivity contribution is 0.0655. The van der Waals surface area contributed by atoms with E-state index in [0.717, 1.165) is 24.5 Å². The number of hydrogen-bond acceptors (Lipinski definition) is 3. The van der Waals surface area contributed by atoms with Crippen LogP contribution in [-0.2, 0) is 0 Å². The summed E-state index contributed by atoms with van der Waals surface area (Å²) in [5.41, 5.74) is 2.10. The minimum absolute atomic E-state index is 0. The fourth-order valence-electron chi connectivity index (χ4n) is 2.76. The monoisotopic (exact) mass is 338 g/mol. The van der Waals surface area contributed by atoms with Gasteiger partial charge in [-0.2, -0.15) is 5.10 Å². The molecule has 1 saturated heterocycles. The summed E-state index contributed by atoms with van der Waals surface area (Å²) in [7, 11) is 0. The quantitative estimate of drug-likeness (QED) is 0.913. The van der Waals surface area contributed by atoms with Crippen molar-refractivity contribution in [1.82, 2.24) is 20.0 Å². The van der Waals surface area contributed by atoms with Crippen molar-refractivity contribution in [1.29, 1.82) is 0 Å². The summed E-state index contributed by atoms with van der Waals surface area (Å²) in [5, 5.41) is 7.56. The van der Waals surface area contributed by atoms with E-state index in [0.29, 0.717) is 12.1 Å². The minimum Gasteiger partial charge on any atom is -0.333 e. The molecule has 0 unspecified atom stereocenters. The van der Waals surface area contributed by atoms with Crippen LogP contribution < -0.4 is 5.32 Å². The van der Waals surface area contributed by atoms with Gasteiger partial charge < -0.3 is 10.2 Å². The van der Waals surface area contributed by atoms with Gasteiger partial charge >= 0.3 is 0 Å². The van der Waals surface area contributed by atoms with Crippen molar-refractivity contribution in [3.8, 4) is 5.69 Å². The van der Waals surface area contributed by atoms with E-state index >= 15 is 0 Å². The molecule has 1 aliphatic heterocycles. The molecule has 1 amide bonds. The number of carbonyl (C=O) groups excluding carboxylic acids is 1. The summed E-state index contributed by atoms with van der Waals surface area (Å²) in [4.78, 5) is 14.6. The number of piperazine rings is 1. The van der Waals surface area contributed by atoms with Gasteiger partial charge in [0, 0.05) is 25.7 Å². The molecule has 5 nitrogen and oxygen atoms in total. The fraction of sp³-hybridized carbons (Fsp3) is 0.375. The molecule has 1 fully saturated rings. The van der Waals surface area contributed by atoms with Gasteiger partial charge in [0.05, 0.1) is 23.1 Å². The van der Waals surface area contributed by atoms with Crippen LogP contribution in [0.4, 0.5) is 4.39 Å². The van der Waals surface area contributed by atoms with Gasteiger partial charge in [-0.3, -0.25) is 4.79 Å². The highest BCUT2D eigenvalue weighted by Gasteiger charge is 2.26. The van der Waals surface area contributed by atoms with Crippen molar-refractivity contribution >= 4 is 18.3 Å². The van der Waals surface area contributed by atoms with Crippen LogP contribution >= 0.6 is 12.4 Å². The predicted molar refractivity (Wildman–Crippen MR) is 88.9 cm³/mol. The zero-order chi connectivity index (χ0) is 15.7. The van der Waals surface area contributed by atoms with Crippen molar-refractivity contribution in [2.24, 2.45) is 0 Å². The van der Waals surface area contributed by atoms with E-state index in [9.17, 15) is 9.18 Å². The van der Waals surface area contributed by atoms with Gasteiger partial charge in [0.2, 0.25) is 0 Å². The Morgan fingerprint density at radius 2 is 2.04 bits per heavy atom. The number of benzene rings is 1. The third kappa shape index (κ3) is 3.38. The maximum Gasteiger partial charge on any atom is 0.257 e. The number of nitrogens with zero attached hydrogens (tertiary/aromatic N) is 3. The summed E-state index contributed by atoms with van der Waals surface area (Å²) in [6.07, 6.45) is 1.59. The molecule has 7 heteroatoms. The van der Waals surface area contributed by atoms with E-state index < -0.39 is 0 Å². The van der Waals surface area contributed by atoms with E-state index in [1.807, 2.05) is 18.7 Å². The predicted octanol–water partition coefficient (Wildman–Crippen LogP) is 2.18. The van der Waals surface area contributed by atoms with Crippen molar-refractivity contribution in [2.75, 3.05) is 19.6 Å². The standard InChI is InChI=1S/C16H19FN4O.ClH/c1-11-9-18-7-8-20(11)16(22)15-10-19-21(12(15)2)14-5-3-13(17)4-6-14;/h3-6,10-11,18H,7-9H2,1-2H3;1H/t11-;/m0./s1. The first-order valence-corrected chi connectivity index (χ1v) is 7.40. The van der Waals surface area contributed by atoms with Crippen molar-refractivity contribution < 1.29 is 9.18 Å². The molecule has 1 N–H and O–H groups in total. The van der Waals surface area contributed by atoms with E-state index in [1.165, 1.54) is 12.1 Å². The molecular weight excluding hydrogens is 319 g/mol. The molecule has 1 aliphatic rings. The molecule has 0 saturated carbocycles. The Morgan fingerprint density at radius 3 is 2.70 bits per heavy atom. The van der Waals surface area contributed by atoms with Gasteiger partial charge in [-0.15, -0.1) is 12.4 Å². The third-order valence-corrected chi connectivity index (χ3v) is 4.07. The zero-order valence-electron chi connectivity index (χ0n) is 13.1. The maximum atomic E-state index is 13.0. The highest BCUT2D eigenvalue weighted by Crippen LogP contribution is 2.18. The van der Waals surface area contributed by atoms with Crippen molar-refractivity contribution in [2.45, 2.75) is 19.9 Å². The molecular formula is C16H20ClFN4O. The lowest BCUT2D eigenvalue weighted by atomic mass is 10.1. The smallest absolute Gasteiger partial charge is 0.257 e. The largest absolute Gasteiger partial charge is 0.333 e. The fourth-order valence-corrected chi connectivity index (χ4v) is 2.76. The van der Waals surface area contributed by atoms with Crippen LogP contribution in [0.15, 0.2) is 30.5 Å². The van der Waals surface area contributed by atoms with Gasteiger partial charge in [0.25, 0.3) is 5.91 Å². The van der Waals surface area contributed by atoms with Crippen LogP contribution in [0.1, 0.15) is 23.0 Å². The number of aromatic nitrogens is 2. The third-order valence-electron chi connectivity index (χ3n) is 4.07. The molecule has 1 aromatic carbocycles. The molecule has 0 bridgehead atoms. The Kier molecular flexibility index (Phi) is 5.38. The Bertz CT molecular complexity index is 686. The van der Waals surface area contributed by atoms with Crippen LogP contribution in [-0.4, -0.2) is 46.3 Å². The van der Waals surface area contributed by atoms with Crippen LogP contribution in [0.3, 0.4) is 0 Å². The first-order valence-electron chi connectivity index (χ1n) is 7.40. The number of nitrogens with one attached hydrogen (secondary N) is 1. The number of carbonyl (C=O) groups is 1. The highest BCUT2D eigenvalue weighted by atomic mass is 35.5. The van der Waals surface area contributed by atoms with Crippen LogP contribution in [0.5, 0.6) is 0 Å². The molecule has 1 atom stereocenters. The Morgan fingerprint density at radius 1 is 1.35 bits per heavy atom. The van der Waals surface area contributed by atoms with Gasteiger partial charge in [0.1, 0.15) is 5.82 Å². The second-order valence-corrected chi connectivity index (χ2v) is 5.58. The summed E-state index contributed by atoms with van der Waals surface area (Å²) in [5.74, 6) is -0.292. The highest BCUT2D eigenvalue weighted by molar-refractivity contribution is 5.95. The summed E-state index contributed by atoms with van der Waals surface area (Å²) in [6, 6.07) is 6.23. The Balaban J connectivity index is 0.00000192.